The fourth-order valence-electron chi connectivity index (χ4n) is 3.28. The Morgan fingerprint density at radius 2 is 1.54 bits per heavy atom. The smallest absolute Gasteiger partial charge is 0.253 e. The highest BCUT2D eigenvalue weighted by molar-refractivity contribution is 5.95. The summed E-state index contributed by atoms with van der Waals surface area (Å²) >= 11 is 0. The summed E-state index contributed by atoms with van der Waals surface area (Å²) in [6.07, 6.45) is 1.48. The minimum absolute atomic E-state index is 0.0129. The van der Waals surface area contributed by atoms with Gasteiger partial charge in [-0.05, 0) is 68.3 Å². The summed E-state index contributed by atoms with van der Waals surface area (Å²) < 4.78 is 10.5. The Bertz CT molecular complexity index is 794. The van der Waals surface area contributed by atoms with Crippen LogP contribution in [0.1, 0.15) is 40.5 Å². The highest BCUT2D eigenvalue weighted by Gasteiger charge is 2.25. The van der Waals surface area contributed by atoms with Crippen molar-refractivity contribution < 1.29 is 19.1 Å². The monoisotopic (exact) mass is 382 g/mol. The van der Waals surface area contributed by atoms with Crippen molar-refractivity contribution in [2.24, 2.45) is 0 Å². The number of likely N-dealkylation sites (tertiary alicyclic amines) is 1. The van der Waals surface area contributed by atoms with Crippen LogP contribution in [0.3, 0.4) is 0 Å². The summed E-state index contributed by atoms with van der Waals surface area (Å²) in [5.41, 5.74) is 1.26. The Labute approximate surface area is 165 Å². The Hall–Kier alpha value is -3.02. The van der Waals surface area contributed by atoms with Crippen molar-refractivity contribution in [2.75, 3.05) is 26.8 Å². The van der Waals surface area contributed by atoms with Crippen molar-refractivity contribution in [1.29, 1.82) is 0 Å². The number of benzene rings is 2. The van der Waals surface area contributed by atoms with Crippen LogP contribution in [-0.4, -0.2) is 49.6 Å². The topological polar surface area (TPSA) is 67.9 Å². The van der Waals surface area contributed by atoms with E-state index < -0.39 is 0 Å². The number of amides is 2. The molecule has 2 aromatic carbocycles. The zero-order valence-corrected chi connectivity index (χ0v) is 16.3. The molecule has 0 bridgehead atoms. The van der Waals surface area contributed by atoms with E-state index in [9.17, 15) is 9.59 Å². The molecule has 0 spiro atoms. The van der Waals surface area contributed by atoms with Crippen LogP contribution in [0.4, 0.5) is 0 Å². The third kappa shape index (κ3) is 4.82. The van der Waals surface area contributed by atoms with Crippen LogP contribution in [0.5, 0.6) is 11.5 Å². The Kier molecular flexibility index (Phi) is 6.53. The fourth-order valence-corrected chi connectivity index (χ4v) is 3.28. The molecule has 28 heavy (non-hydrogen) atoms. The summed E-state index contributed by atoms with van der Waals surface area (Å²) in [4.78, 5) is 26.9. The lowest BCUT2D eigenvalue weighted by atomic mass is 10.0. The average Bonchev–Trinajstić information content (AvgIpc) is 2.74. The van der Waals surface area contributed by atoms with E-state index in [-0.39, 0.29) is 17.9 Å². The van der Waals surface area contributed by atoms with E-state index >= 15 is 0 Å². The molecule has 1 aliphatic rings. The molecule has 6 nitrogen and oxygen atoms in total. The first-order chi connectivity index (χ1) is 13.6. The summed E-state index contributed by atoms with van der Waals surface area (Å²) in [5, 5.41) is 3.07. The lowest BCUT2D eigenvalue weighted by molar-refractivity contribution is 0.0698. The molecule has 0 unspecified atom stereocenters. The molecule has 3 rings (SSSR count). The Balaban J connectivity index is 1.50. The van der Waals surface area contributed by atoms with Crippen LogP contribution in [-0.2, 0) is 0 Å². The zero-order valence-electron chi connectivity index (χ0n) is 16.3. The second-order valence-corrected chi connectivity index (χ2v) is 6.73. The molecular weight excluding hydrogens is 356 g/mol. The first kappa shape index (κ1) is 19.7. The van der Waals surface area contributed by atoms with E-state index in [1.165, 1.54) is 0 Å². The Morgan fingerprint density at radius 3 is 2.11 bits per heavy atom. The largest absolute Gasteiger partial charge is 0.497 e. The third-order valence-electron chi connectivity index (χ3n) is 4.88. The number of piperidine rings is 1. The van der Waals surface area contributed by atoms with E-state index in [0.29, 0.717) is 30.8 Å². The van der Waals surface area contributed by atoms with Gasteiger partial charge in [-0.3, -0.25) is 9.59 Å². The minimum atomic E-state index is -0.0945. The van der Waals surface area contributed by atoms with Gasteiger partial charge in [0.15, 0.2) is 0 Å². The van der Waals surface area contributed by atoms with Gasteiger partial charge in [0.1, 0.15) is 11.5 Å². The molecule has 1 heterocycles. The van der Waals surface area contributed by atoms with Gasteiger partial charge in [0.05, 0.1) is 13.7 Å². The highest BCUT2D eigenvalue weighted by Crippen LogP contribution is 2.18. The minimum Gasteiger partial charge on any atom is -0.497 e. The summed E-state index contributed by atoms with van der Waals surface area (Å²) in [6.45, 7) is 3.77. The lowest BCUT2D eigenvalue weighted by Crippen LogP contribution is -2.46. The van der Waals surface area contributed by atoms with Crippen molar-refractivity contribution in [2.45, 2.75) is 25.8 Å². The normalized spacial score (nSPS) is 14.4. The number of rotatable bonds is 6. The third-order valence-corrected chi connectivity index (χ3v) is 4.88. The molecule has 1 fully saturated rings. The molecule has 1 aliphatic heterocycles. The molecule has 0 aliphatic carbocycles. The highest BCUT2D eigenvalue weighted by atomic mass is 16.5. The first-order valence-corrected chi connectivity index (χ1v) is 9.57. The van der Waals surface area contributed by atoms with Crippen molar-refractivity contribution >= 4 is 11.8 Å². The molecule has 148 valence electrons. The van der Waals surface area contributed by atoms with Crippen LogP contribution in [0.25, 0.3) is 0 Å². The number of methoxy groups -OCH3 is 1. The van der Waals surface area contributed by atoms with Gasteiger partial charge in [0, 0.05) is 30.3 Å². The van der Waals surface area contributed by atoms with Crippen LogP contribution < -0.4 is 14.8 Å². The average molecular weight is 382 g/mol. The molecule has 0 aromatic heterocycles. The fraction of sp³-hybridized carbons (Fsp3) is 0.364. The number of nitrogens with one attached hydrogen (secondary N) is 1. The van der Waals surface area contributed by atoms with E-state index in [1.807, 2.05) is 11.8 Å². The van der Waals surface area contributed by atoms with Gasteiger partial charge in [0.2, 0.25) is 0 Å². The van der Waals surface area contributed by atoms with Crippen LogP contribution in [0, 0.1) is 0 Å². The number of carbonyl (C=O) groups excluding carboxylic acids is 2. The number of hydrogen-bond acceptors (Lipinski definition) is 4. The van der Waals surface area contributed by atoms with Crippen LogP contribution in [0.2, 0.25) is 0 Å². The number of nitrogens with zero attached hydrogens (tertiary/aromatic N) is 1. The predicted octanol–water partition coefficient (Wildman–Crippen LogP) is 3.13. The van der Waals surface area contributed by atoms with Crippen molar-refractivity contribution in [3.8, 4) is 11.5 Å². The van der Waals surface area contributed by atoms with Crippen LogP contribution in [0.15, 0.2) is 48.5 Å². The quantitative estimate of drug-likeness (QED) is 0.834. The van der Waals surface area contributed by atoms with E-state index in [1.54, 1.807) is 55.6 Å². The zero-order chi connectivity index (χ0) is 19.9. The Morgan fingerprint density at radius 1 is 0.964 bits per heavy atom. The summed E-state index contributed by atoms with van der Waals surface area (Å²) in [7, 11) is 1.60. The first-order valence-electron chi connectivity index (χ1n) is 9.57. The van der Waals surface area contributed by atoms with Gasteiger partial charge in [-0.1, -0.05) is 0 Å². The number of ether oxygens (including phenoxy) is 2. The number of carbonyl (C=O) groups is 2. The number of hydrogen-bond donors (Lipinski definition) is 1. The van der Waals surface area contributed by atoms with Gasteiger partial charge in [-0.25, -0.2) is 0 Å². The molecule has 0 atom stereocenters. The van der Waals surface area contributed by atoms with E-state index in [0.717, 1.165) is 24.3 Å². The second kappa shape index (κ2) is 9.26. The van der Waals surface area contributed by atoms with Gasteiger partial charge in [-0.2, -0.15) is 0 Å². The maximum Gasteiger partial charge on any atom is 0.253 e. The van der Waals surface area contributed by atoms with Crippen molar-refractivity contribution in [3.05, 3.63) is 59.7 Å². The van der Waals surface area contributed by atoms with Crippen molar-refractivity contribution in [3.63, 3.8) is 0 Å². The van der Waals surface area contributed by atoms with E-state index in [2.05, 4.69) is 5.32 Å². The van der Waals surface area contributed by atoms with Crippen molar-refractivity contribution in [1.82, 2.24) is 10.2 Å². The lowest BCUT2D eigenvalue weighted by Gasteiger charge is -2.32. The SMILES string of the molecule is CCOc1ccc(C(=O)NC2CCN(C(=O)c3ccc(OC)cc3)CC2)cc1. The maximum atomic E-state index is 12.6. The molecule has 2 aromatic rings. The maximum absolute atomic E-state index is 12.6. The summed E-state index contributed by atoms with van der Waals surface area (Å²) in [5.74, 6) is 1.40. The standard InChI is InChI=1S/C22H26N2O4/c1-3-28-20-10-4-16(5-11-20)21(25)23-18-12-14-24(15-13-18)22(26)17-6-8-19(27-2)9-7-17/h4-11,18H,3,12-15H2,1-2H3,(H,23,25). The molecule has 0 saturated carbocycles. The molecular formula is C22H26N2O4. The predicted molar refractivity (Wildman–Crippen MR) is 107 cm³/mol. The second-order valence-electron chi connectivity index (χ2n) is 6.73. The van der Waals surface area contributed by atoms with Crippen LogP contribution >= 0.6 is 0 Å². The van der Waals surface area contributed by atoms with Gasteiger partial charge in [0.25, 0.3) is 11.8 Å². The van der Waals surface area contributed by atoms with Gasteiger partial charge < -0.3 is 19.7 Å². The van der Waals surface area contributed by atoms with Gasteiger partial charge >= 0.3 is 0 Å². The molecule has 1 N–H and O–H groups in total. The summed E-state index contributed by atoms with van der Waals surface area (Å²) in [6, 6.07) is 14.3. The van der Waals surface area contributed by atoms with E-state index in [4.69, 9.17) is 9.47 Å². The van der Waals surface area contributed by atoms with Gasteiger partial charge in [-0.15, -0.1) is 0 Å². The molecule has 2 amide bonds. The molecule has 0 radical (unpaired) electrons. The molecule has 1 saturated heterocycles. The molecule has 6 heteroatoms.